The van der Waals surface area contributed by atoms with Crippen molar-refractivity contribution in [3.8, 4) is 11.1 Å². The van der Waals surface area contributed by atoms with E-state index in [4.69, 9.17) is 0 Å². The molecular weight excluding hydrogens is 420 g/mol. The summed E-state index contributed by atoms with van der Waals surface area (Å²) in [6, 6.07) is 31.0. The SMILES string of the molecule is C=C/C=c1\c(=C)c(=C)/c(=C\C)c2ccc(-c3ccc4c5ccccc5c5ccccc5c4c3)cc12. The van der Waals surface area contributed by atoms with Gasteiger partial charge in [-0.2, -0.15) is 0 Å². The van der Waals surface area contributed by atoms with Crippen LogP contribution in [0.4, 0.5) is 0 Å². The third kappa shape index (κ3) is 3.15. The van der Waals surface area contributed by atoms with Gasteiger partial charge in [-0.05, 0) is 94.1 Å². The molecule has 0 aromatic heterocycles. The Morgan fingerprint density at radius 2 is 0.971 bits per heavy atom. The minimum atomic E-state index is 0.957. The fourth-order valence-corrected chi connectivity index (χ4v) is 5.56. The maximum Gasteiger partial charge on any atom is -0.00928 e. The molecule has 0 heterocycles. The van der Waals surface area contributed by atoms with Crippen molar-refractivity contribution >= 4 is 68.4 Å². The third-order valence-corrected chi connectivity index (χ3v) is 7.27. The van der Waals surface area contributed by atoms with Crippen LogP contribution in [0.15, 0.2) is 97.6 Å². The Labute approximate surface area is 204 Å². The molecule has 0 atom stereocenters. The lowest BCUT2D eigenvalue weighted by molar-refractivity contribution is 1.47. The number of allylic oxidation sites excluding steroid dienone is 1. The molecule has 6 rings (SSSR count). The van der Waals surface area contributed by atoms with Gasteiger partial charge in [0.1, 0.15) is 0 Å². The van der Waals surface area contributed by atoms with E-state index >= 15 is 0 Å². The molecule has 0 unspecified atom stereocenters. The Morgan fingerprint density at radius 1 is 0.514 bits per heavy atom. The fraction of sp³-hybridized carbons (Fsp3) is 0.0286. The monoisotopic (exact) mass is 446 g/mol. The molecule has 0 radical (unpaired) electrons. The van der Waals surface area contributed by atoms with Crippen LogP contribution < -0.4 is 20.9 Å². The van der Waals surface area contributed by atoms with Crippen LogP contribution in [-0.4, -0.2) is 0 Å². The summed E-state index contributed by atoms with van der Waals surface area (Å²) >= 11 is 0. The predicted molar refractivity (Wildman–Crippen MR) is 156 cm³/mol. The van der Waals surface area contributed by atoms with Crippen LogP contribution in [0.2, 0.25) is 0 Å². The first-order valence-electron chi connectivity index (χ1n) is 12.0. The highest BCUT2D eigenvalue weighted by Crippen LogP contribution is 2.37. The fourth-order valence-electron chi connectivity index (χ4n) is 5.56. The molecule has 6 aromatic carbocycles. The highest BCUT2D eigenvalue weighted by molar-refractivity contribution is 6.25. The summed E-state index contributed by atoms with van der Waals surface area (Å²) in [5.41, 5.74) is 2.39. The Morgan fingerprint density at radius 3 is 1.51 bits per heavy atom. The van der Waals surface area contributed by atoms with Gasteiger partial charge in [0, 0.05) is 0 Å². The summed E-state index contributed by atoms with van der Waals surface area (Å²) in [7, 11) is 0. The van der Waals surface area contributed by atoms with Gasteiger partial charge in [-0.25, -0.2) is 0 Å². The Kier molecular flexibility index (Phi) is 4.90. The van der Waals surface area contributed by atoms with Crippen LogP contribution in [0, 0.1) is 0 Å². The topological polar surface area (TPSA) is 0 Å². The summed E-state index contributed by atoms with van der Waals surface area (Å²) in [5.74, 6) is 0. The quantitative estimate of drug-likeness (QED) is 0.265. The molecule has 0 fully saturated rings. The molecule has 0 N–H and O–H groups in total. The molecule has 35 heavy (non-hydrogen) atoms. The summed E-state index contributed by atoms with van der Waals surface area (Å²) < 4.78 is 0. The van der Waals surface area contributed by atoms with E-state index in [2.05, 4.69) is 118 Å². The smallest absolute Gasteiger partial charge is 0.00928 e. The molecule has 0 aliphatic rings. The van der Waals surface area contributed by atoms with Gasteiger partial charge < -0.3 is 0 Å². The van der Waals surface area contributed by atoms with Crippen LogP contribution in [0.25, 0.3) is 79.5 Å². The molecule has 0 aliphatic heterocycles. The van der Waals surface area contributed by atoms with Gasteiger partial charge in [0.2, 0.25) is 0 Å². The van der Waals surface area contributed by atoms with Gasteiger partial charge in [-0.3, -0.25) is 0 Å². The van der Waals surface area contributed by atoms with Crippen LogP contribution in [-0.2, 0) is 0 Å². The first-order chi connectivity index (χ1) is 17.1. The minimum Gasteiger partial charge on any atom is -0.0990 e. The maximum atomic E-state index is 4.34. The number of benzene rings is 6. The lowest BCUT2D eigenvalue weighted by atomic mass is 9.91. The predicted octanol–water partition coefficient (Wildman–Crippen LogP) is 6.55. The van der Waals surface area contributed by atoms with Crippen LogP contribution in [0.1, 0.15) is 6.92 Å². The summed E-state index contributed by atoms with van der Waals surface area (Å²) in [4.78, 5) is 0. The van der Waals surface area contributed by atoms with E-state index in [1.54, 1.807) is 0 Å². The number of hydrogen-bond acceptors (Lipinski definition) is 0. The molecule has 0 saturated heterocycles. The lowest BCUT2D eigenvalue weighted by Gasteiger charge is -2.12. The molecule has 0 heteroatoms. The van der Waals surface area contributed by atoms with E-state index in [1.165, 1.54) is 54.2 Å². The van der Waals surface area contributed by atoms with Crippen molar-refractivity contribution in [3.05, 3.63) is 118 Å². The number of fused-ring (bicyclic) bond motifs is 7. The van der Waals surface area contributed by atoms with Crippen molar-refractivity contribution < 1.29 is 0 Å². The Balaban J connectivity index is 1.71. The van der Waals surface area contributed by atoms with Gasteiger partial charge in [-0.1, -0.05) is 111 Å². The van der Waals surface area contributed by atoms with Crippen molar-refractivity contribution in [1.82, 2.24) is 0 Å². The van der Waals surface area contributed by atoms with E-state index in [0.717, 1.165) is 20.9 Å². The van der Waals surface area contributed by atoms with Gasteiger partial charge in [0.15, 0.2) is 0 Å². The van der Waals surface area contributed by atoms with E-state index in [0.29, 0.717) is 0 Å². The first-order valence-corrected chi connectivity index (χ1v) is 12.0. The van der Waals surface area contributed by atoms with E-state index in [-0.39, 0.29) is 0 Å². The van der Waals surface area contributed by atoms with E-state index in [9.17, 15) is 0 Å². The maximum absolute atomic E-state index is 4.34. The molecule has 0 nitrogen and oxygen atoms in total. The molecule has 0 bridgehead atoms. The van der Waals surface area contributed by atoms with Gasteiger partial charge >= 0.3 is 0 Å². The molecule has 166 valence electrons. The minimum absolute atomic E-state index is 0.957. The zero-order valence-electron chi connectivity index (χ0n) is 19.9. The highest BCUT2D eigenvalue weighted by atomic mass is 14.1. The largest absolute Gasteiger partial charge is 0.0990 e. The zero-order valence-corrected chi connectivity index (χ0v) is 19.9. The van der Waals surface area contributed by atoms with E-state index < -0.39 is 0 Å². The summed E-state index contributed by atoms with van der Waals surface area (Å²) in [6.07, 6.45) is 6.00. The third-order valence-electron chi connectivity index (χ3n) is 7.27. The zero-order chi connectivity index (χ0) is 24.1. The molecule has 0 saturated carbocycles. The van der Waals surface area contributed by atoms with Crippen molar-refractivity contribution in [2.75, 3.05) is 0 Å². The van der Waals surface area contributed by atoms with Crippen molar-refractivity contribution in [2.24, 2.45) is 0 Å². The Bertz CT molecular complexity index is 2020. The Hall–Kier alpha value is -4.42. The van der Waals surface area contributed by atoms with E-state index in [1.807, 2.05) is 12.2 Å². The molecular formula is C35H26. The summed E-state index contributed by atoms with van der Waals surface area (Å²) in [6.45, 7) is 14.6. The van der Waals surface area contributed by atoms with Crippen molar-refractivity contribution in [2.45, 2.75) is 6.92 Å². The average Bonchev–Trinajstić information content (AvgIpc) is 2.91. The molecule has 0 spiro atoms. The van der Waals surface area contributed by atoms with Gasteiger partial charge in [0.05, 0.1) is 0 Å². The second kappa shape index (κ2) is 8.11. The normalized spacial score (nSPS) is 12.8. The first kappa shape index (κ1) is 21.1. The van der Waals surface area contributed by atoms with Gasteiger partial charge in [-0.15, -0.1) is 0 Å². The second-order valence-corrected chi connectivity index (χ2v) is 9.09. The standard InChI is InChI=1S/C35H26/c1-5-11-27-23(4)22(3)26(6-2)32-18-16-24(20-34(27)32)25-17-19-33-30-14-8-7-12-28(30)29-13-9-10-15-31(29)35(33)21-25/h5-21H,1,3-4H2,2H3/b26-6+,27-11+. The van der Waals surface area contributed by atoms with Crippen LogP contribution >= 0.6 is 0 Å². The second-order valence-electron chi connectivity index (χ2n) is 9.09. The molecule has 6 aromatic rings. The van der Waals surface area contributed by atoms with Crippen LogP contribution in [0.3, 0.4) is 0 Å². The number of rotatable bonds is 2. The highest BCUT2D eigenvalue weighted by Gasteiger charge is 2.10. The van der Waals surface area contributed by atoms with Crippen LogP contribution in [0.5, 0.6) is 0 Å². The van der Waals surface area contributed by atoms with Crippen molar-refractivity contribution in [1.29, 1.82) is 0 Å². The molecule has 0 aliphatic carbocycles. The summed E-state index contributed by atoms with van der Waals surface area (Å²) in [5, 5.41) is 14.3. The lowest BCUT2D eigenvalue weighted by Crippen LogP contribution is -2.47. The number of hydrogen-bond donors (Lipinski definition) is 0. The van der Waals surface area contributed by atoms with Crippen molar-refractivity contribution in [3.63, 3.8) is 0 Å². The molecule has 0 amide bonds. The van der Waals surface area contributed by atoms with Gasteiger partial charge in [0.25, 0.3) is 0 Å². The average molecular weight is 447 g/mol.